The third kappa shape index (κ3) is 1.50. The SMILES string of the molecule is COC(=O)c1cccc2c(O)cncc12. The van der Waals surface area contributed by atoms with E-state index in [-0.39, 0.29) is 5.75 Å². The molecule has 0 unspecified atom stereocenters. The van der Waals surface area contributed by atoms with Crippen LogP contribution in [0.1, 0.15) is 10.4 Å². The monoisotopic (exact) mass is 203 g/mol. The maximum Gasteiger partial charge on any atom is 0.338 e. The number of nitrogens with zero attached hydrogens (tertiary/aromatic N) is 1. The van der Waals surface area contributed by atoms with Crippen molar-refractivity contribution in [1.82, 2.24) is 4.98 Å². The maximum atomic E-state index is 11.4. The Morgan fingerprint density at radius 3 is 2.87 bits per heavy atom. The molecule has 0 saturated carbocycles. The minimum atomic E-state index is -0.437. The normalized spacial score (nSPS) is 10.2. The van der Waals surface area contributed by atoms with Gasteiger partial charge in [-0.25, -0.2) is 4.79 Å². The average Bonchev–Trinajstić information content (AvgIpc) is 2.28. The first-order valence-corrected chi connectivity index (χ1v) is 4.38. The lowest BCUT2D eigenvalue weighted by Crippen LogP contribution is -2.01. The summed E-state index contributed by atoms with van der Waals surface area (Å²) < 4.78 is 4.64. The second-order valence-electron chi connectivity index (χ2n) is 3.05. The van der Waals surface area contributed by atoms with Crippen molar-refractivity contribution in [2.45, 2.75) is 0 Å². The predicted molar refractivity (Wildman–Crippen MR) is 54.7 cm³/mol. The molecule has 0 amide bonds. The standard InChI is InChI=1S/C11H9NO3/c1-15-11(14)8-4-2-3-7-9(8)5-12-6-10(7)13/h2-6,13H,1H3. The number of fused-ring (bicyclic) bond motifs is 1. The fourth-order valence-electron chi connectivity index (χ4n) is 1.47. The molecule has 0 aliphatic rings. The number of hydrogen-bond donors (Lipinski definition) is 1. The summed E-state index contributed by atoms with van der Waals surface area (Å²) in [6.45, 7) is 0. The van der Waals surface area contributed by atoms with Crippen molar-refractivity contribution in [1.29, 1.82) is 0 Å². The van der Waals surface area contributed by atoms with Crippen molar-refractivity contribution in [3.63, 3.8) is 0 Å². The molecule has 4 heteroatoms. The Morgan fingerprint density at radius 2 is 2.13 bits per heavy atom. The van der Waals surface area contributed by atoms with Crippen LogP contribution in [-0.2, 0) is 4.74 Å². The Hall–Kier alpha value is -2.10. The van der Waals surface area contributed by atoms with Crippen LogP contribution in [0, 0.1) is 0 Å². The molecule has 1 heterocycles. The molecule has 0 bridgehead atoms. The molecule has 0 saturated heterocycles. The van der Waals surface area contributed by atoms with Gasteiger partial charge in [-0.2, -0.15) is 0 Å². The summed E-state index contributed by atoms with van der Waals surface area (Å²) >= 11 is 0. The van der Waals surface area contributed by atoms with E-state index < -0.39 is 5.97 Å². The molecule has 0 fully saturated rings. The number of aromatic hydroxyl groups is 1. The van der Waals surface area contributed by atoms with E-state index in [1.165, 1.54) is 19.5 Å². The number of ether oxygens (including phenoxy) is 1. The molecule has 0 radical (unpaired) electrons. The van der Waals surface area contributed by atoms with Gasteiger partial charge < -0.3 is 9.84 Å². The molecule has 2 rings (SSSR count). The van der Waals surface area contributed by atoms with E-state index in [4.69, 9.17) is 0 Å². The summed E-state index contributed by atoms with van der Waals surface area (Å²) in [5.41, 5.74) is 0.401. The number of hydrogen-bond acceptors (Lipinski definition) is 4. The van der Waals surface area contributed by atoms with Gasteiger partial charge in [-0.15, -0.1) is 0 Å². The number of aromatic nitrogens is 1. The predicted octanol–water partition coefficient (Wildman–Crippen LogP) is 1.73. The van der Waals surface area contributed by atoms with Crippen molar-refractivity contribution < 1.29 is 14.6 Å². The van der Waals surface area contributed by atoms with Gasteiger partial charge in [0.1, 0.15) is 5.75 Å². The van der Waals surface area contributed by atoms with Crippen LogP contribution in [0.4, 0.5) is 0 Å². The van der Waals surface area contributed by atoms with Gasteiger partial charge in [-0.05, 0) is 6.07 Å². The van der Waals surface area contributed by atoms with E-state index in [9.17, 15) is 9.90 Å². The maximum absolute atomic E-state index is 11.4. The summed E-state index contributed by atoms with van der Waals surface area (Å²) in [5, 5.41) is 10.7. The highest BCUT2D eigenvalue weighted by atomic mass is 16.5. The molecule has 0 atom stereocenters. The van der Waals surface area contributed by atoms with E-state index in [1.54, 1.807) is 18.2 Å². The highest BCUT2D eigenvalue weighted by Crippen LogP contribution is 2.25. The smallest absolute Gasteiger partial charge is 0.338 e. The minimum Gasteiger partial charge on any atom is -0.506 e. The summed E-state index contributed by atoms with van der Waals surface area (Å²) in [6.07, 6.45) is 2.87. The molecule has 0 aliphatic heterocycles. The second-order valence-corrected chi connectivity index (χ2v) is 3.05. The van der Waals surface area contributed by atoms with Crippen molar-refractivity contribution in [3.8, 4) is 5.75 Å². The Morgan fingerprint density at radius 1 is 1.33 bits per heavy atom. The lowest BCUT2D eigenvalue weighted by Gasteiger charge is -2.04. The molecule has 15 heavy (non-hydrogen) atoms. The lowest BCUT2D eigenvalue weighted by atomic mass is 10.1. The highest BCUT2D eigenvalue weighted by molar-refractivity contribution is 6.05. The number of rotatable bonds is 1. The van der Waals surface area contributed by atoms with Crippen LogP contribution in [0.2, 0.25) is 0 Å². The molecule has 1 aromatic carbocycles. The Labute approximate surface area is 86.1 Å². The number of benzene rings is 1. The van der Waals surface area contributed by atoms with Crippen molar-refractivity contribution in [3.05, 3.63) is 36.2 Å². The summed E-state index contributed by atoms with van der Waals surface area (Å²) in [4.78, 5) is 15.2. The topological polar surface area (TPSA) is 59.4 Å². The lowest BCUT2D eigenvalue weighted by molar-refractivity contribution is 0.0603. The van der Waals surface area contributed by atoms with Crippen LogP contribution in [0.15, 0.2) is 30.6 Å². The zero-order valence-electron chi connectivity index (χ0n) is 8.10. The van der Waals surface area contributed by atoms with E-state index in [0.29, 0.717) is 16.3 Å². The quantitative estimate of drug-likeness (QED) is 0.717. The zero-order chi connectivity index (χ0) is 10.8. The Balaban J connectivity index is 2.77. The van der Waals surface area contributed by atoms with Crippen LogP contribution in [0.3, 0.4) is 0 Å². The average molecular weight is 203 g/mol. The number of carbonyl (C=O) groups excluding carboxylic acids is 1. The first-order valence-electron chi connectivity index (χ1n) is 4.38. The van der Waals surface area contributed by atoms with Gasteiger partial charge in [0.2, 0.25) is 0 Å². The van der Waals surface area contributed by atoms with Gasteiger partial charge in [-0.3, -0.25) is 4.98 Å². The van der Waals surface area contributed by atoms with E-state index in [2.05, 4.69) is 9.72 Å². The molecule has 0 aliphatic carbocycles. The van der Waals surface area contributed by atoms with Gasteiger partial charge >= 0.3 is 5.97 Å². The number of pyridine rings is 1. The third-order valence-corrected chi connectivity index (χ3v) is 2.19. The van der Waals surface area contributed by atoms with Gasteiger partial charge in [-0.1, -0.05) is 12.1 Å². The van der Waals surface area contributed by atoms with Crippen LogP contribution in [0.5, 0.6) is 5.75 Å². The minimum absolute atomic E-state index is 0.0539. The Kier molecular flexibility index (Phi) is 2.25. The van der Waals surface area contributed by atoms with Crippen LogP contribution in [-0.4, -0.2) is 23.2 Å². The fraction of sp³-hybridized carbons (Fsp3) is 0.0909. The molecule has 0 spiro atoms. The van der Waals surface area contributed by atoms with Gasteiger partial charge in [0.25, 0.3) is 0 Å². The van der Waals surface area contributed by atoms with E-state index in [0.717, 1.165) is 0 Å². The third-order valence-electron chi connectivity index (χ3n) is 2.19. The zero-order valence-corrected chi connectivity index (χ0v) is 8.10. The molecular weight excluding hydrogens is 194 g/mol. The van der Waals surface area contributed by atoms with Gasteiger partial charge in [0.15, 0.2) is 0 Å². The Bertz CT molecular complexity index is 522. The first-order chi connectivity index (χ1) is 7.24. The van der Waals surface area contributed by atoms with Crippen molar-refractivity contribution in [2.24, 2.45) is 0 Å². The molecule has 4 nitrogen and oxygen atoms in total. The summed E-state index contributed by atoms with van der Waals surface area (Å²) in [6, 6.07) is 5.04. The van der Waals surface area contributed by atoms with Crippen LogP contribution >= 0.6 is 0 Å². The fourth-order valence-corrected chi connectivity index (χ4v) is 1.47. The molecule has 1 aromatic heterocycles. The molecular formula is C11H9NO3. The number of carbonyl (C=O) groups is 1. The van der Waals surface area contributed by atoms with Gasteiger partial charge in [0, 0.05) is 17.0 Å². The van der Waals surface area contributed by atoms with E-state index in [1.807, 2.05) is 0 Å². The summed E-state index contributed by atoms with van der Waals surface area (Å²) in [7, 11) is 1.32. The molecule has 76 valence electrons. The molecule has 1 N–H and O–H groups in total. The van der Waals surface area contributed by atoms with Crippen molar-refractivity contribution >= 4 is 16.7 Å². The van der Waals surface area contributed by atoms with E-state index >= 15 is 0 Å². The largest absolute Gasteiger partial charge is 0.506 e. The van der Waals surface area contributed by atoms with Crippen molar-refractivity contribution in [2.75, 3.05) is 7.11 Å². The van der Waals surface area contributed by atoms with Gasteiger partial charge in [0.05, 0.1) is 18.9 Å². The van der Waals surface area contributed by atoms with Crippen LogP contribution in [0.25, 0.3) is 10.8 Å². The highest BCUT2D eigenvalue weighted by Gasteiger charge is 2.11. The molecule has 2 aromatic rings. The summed E-state index contributed by atoms with van der Waals surface area (Å²) in [5.74, 6) is -0.383. The number of esters is 1. The first kappa shape index (κ1) is 9.45. The van der Waals surface area contributed by atoms with Crippen LogP contribution < -0.4 is 0 Å². The second kappa shape index (κ2) is 3.57. The number of methoxy groups -OCH3 is 1.